The van der Waals surface area contributed by atoms with Gasteiger partial charge in [0, 0.05) is 35.7 Å². The fourth-order valence-corrected chi connectivity index (χ4v) is 6.76. The third-order valence-corrected chi connectivity index (χ3v) is 8.61. The molecule has 1 aliphatic heterocycles. The summed E-state index contributed by atoms with van der Waals surface area (Å²) in [6.07, 6.45) is 4.14. The second-order valence-electron chi connectivity index (χ2n) is 9.42. The first kappa shape index (κ1) is 22.3. The van der Waals surface area contributed by atoms with Crippen molar-refractivity contribution >= 4 is 33.9 Å². The molecule has 3 aliphatic rings. The number of amides is 2. The monoisotopic (exact) mass is 466 g/mol. The zero-order valence-corrected chi connectivity index (χ0v) is 19.8. The summed E-state index contributed by atoms with van der Waals surface area (Å²) in [7, 11) is 0. The van der Waals surface area contributed by atoms with E-state index in [0.29, 0.717) is 55.5 Å². The molecule has 2 aromatic rings. The van der Waals surface area contributed by atoms with Crippen LogP contribution in [0.2, 0.25) is 0 Å². The van der Waals surface area contributed by atoms with Crippen LogP contribution in [0, 0.1) is 24.7 Å². The Morgan fingerprint density at radius 3 is 2.39 bits per heavy atom. The Morgan fingerprint density at radius 2 is 1.73 bits per heavy atom. The van der Waals surface area contributed by atoms with E-state index >= 15 is 0 Å². The van der Waals surface area contributed by atoms with Crippen LogP contribution in [-0.4, -0.2) is 48.8 Å². The van der Waals surface area contributed by atoms with Crippen molar-refractivity contribution in [3.63, 3.8) is 0 Å². The number of ether oxygens (including phenoxy) is 1. The highest BCUT2D eigenvalue weighted by Gasteiger charge is 2.41. The Bertz CT molecular complexity index is 1040. The molecule has 174 valence electrons. The maximum atomic E-state index is 13.5. The molecule has 5 rings (SSSR count). The third kappa shape index (κ3) is 4.36. The highest BCUT2D eigenvalue weighted by molar-refractivity contribution is 7.20. The van der Waals surface area contributed by atoms with Gasteiger partial charge >= 0.3 is 0 Å². The van der Waals surface area contributed by atoms with Crippen molar-refractivity contribution in [1.82, 2.24) is 4.90 Å². The molecule has 1 saturated heterocycles. The number of anilines is 1. The van der Waals surface area contributed by atoms with Gasteiger partial charge in [0.25, 0.3) is 5.91 Å². The molecule has 2 heterocycles. The molecule has 3 fully saturated rings. The summed E-state index contributed by atoms with van der Waals surface area (Å²) in [5, 5.41) is 3.75. The summed E-state index contributed by atoms with van der Waals surface area (Å²) < 4.78 is 5.42. The molecule has 0 radical (unpaired) electrons. The number of hydrogen-bond donors (Lipinski definition) is 1. The van der Waals surface area contributed by atoms with E-state index in [2.05, 4.69) is 5.32 Å². The Morgan fingerprint density at radius 1 is 1.06 bits per heavy atom. The number of carbonyl (C=O) groups is 3. The number of hydrogen-bond acceptors (Lipinski definition) is 5. The minimum Gasteiger partial charge on any atom is -0.378 e. The van der Waals surface area contributed by atoms with Gasteiger partial charge in [-0.25, -0.2) is 0 Å². The molecule has 1 aromatic heterocycles. The van der Waals surface area contributed by atoms with Crippen molar-refractivity contribution in [3.8, 4) is 10.4 Å². The number of rotatable bonds is 4. The smallest absolute Gasteiger partial charge is 0.257 e. The second kappa shape index (κ2) is 9.39. The Labute approximate surface area is 198 Å². The van der Waals surface area contributed by atoms with E-state index in [9.17, 15) is 14.4 Å². The zero-order chi connectivity index (χ0) is 22.9. The predicted molar refractivity (Wildman–Crippen MR) is 128 cm³/mol. The van der Waals surface area contributed by atoms with Crippen LogP contribution < -0.4 is 5.32 Å². The average molecular weight is 467 g/mol. The second-order valence-corrected chi connectivity index (χ2v) is 10.4. The first-order chi connectivity index (χ1) is 16.0. The molecular weight excluding hydrogens is 436 g/mol. The summed E-state index contributed by atoms with van der Waals surface area (Å²) >= 11 is 1.47. The maximum Gasteiger partial charge on any atom is 0.257 e. The first-order valence-corrected chi connectivity index (χ1v) is 12.7. The number of Topliss-reactive ketones (excluding diaryl/α,β-unsaturated/α-hetero) is 1. The summed E-state index contributed by atoms with van der Waals surface area (Å²) in [5.41, 5.74) is 2.52. The van der Waals surface area contributed by atoms with Crippen molar-refractivity contribution in [2.75, 3.05) is 31.6 Å². The van der Waals surface area contributed by atoms with Crippen molar-refractivity contribution in [3.05, 3.63) is 41.5 Å². The average Bonchev–Trinajstić information content (AvgIpc) is 3.15. The summed E-state index contributed by atoms with van der Waals surface area (Å²) in [6.45, 7) is 4.13. The molecule has 1 aromatic carbocycles. The summed E-state index contributed by atoms with van der Waals surface area (Å²) in [5.74, 6) is 0.107. The fourth-order valence-electron chi connectivity index (χ4n) is 5.56. The largest absolute Gasteiger partial charge is 0.378 e. The van der Waals surface area contributed by atoms with Crippen molar-refractivity contribution in [1.29, 1.82) is 0 Å². The van der Waals surface area contributed by atoms with E-state index in [-0.39, 0.29) is 29.6 Å². The van der Waals surface area contributed by atoms with Crippen molar-refractivity contribution < 1.29 is 19.1 Å². The van der Waals surface area contributed by atoms with Gasteiger partial charge < -0.3 is 15.0 Å². The van der Waals surface area contributed by atoms with Crippen LogP contribution in [0.4, 0.5) is 5.00 Å². The normalized spacial score (nSPS) is 25.1. The van der Waals surface area contributed by atoms with Gasteiger partial charge in [-0.3, -0.25) is 14.4 Å². The highest BCUT2D eigenvalue weighted by Crippen LogP contribution is 2.43. The van der Waals surface area contributed by atoms with Gasteiger partial charge in [-0.1, -0.05) is 36.8 Å². The Kier molecular flexibility index (Phi) is 6.34. The van der Waals surface area contributed by atoms with Gasteiger partial charge in [0.2, 0.25) is 5.91 Å². The molecule has 0 spiro atoms. The molecule has 7 heteroatoms. The number of nitrogens with zero attached hydrogens (tertiary/aromatic N) is 1. The summed E-state index contributed by atoms with van der Waals surface area (Å²) in [4.78, 5) is 42.2. The Hall–Kier alpha value is -2.51. The first-order valence-electron chi connectivity index (χ1n) is 11.9. The van der Waals surface area contributed by atoms with Crippen LogP contribution in [-0.2, 0) is 14.3 Å². The SMILES string of the molecule is Cc1c(-c2ccccc2)sc(NC(=O)C2CC3CCCC(C2)C3=O)c1C(=O)N1CCOCC1. The number of thiophene rings is 1. The van der Waals surface area contributed by atoms with E-state index < -0.39 is 0 Å². The van der Waals surface area contributed by atoms with E-state index in [1.165, 1.54) is 11.3 Å². The lowest BCUT2D eigenvalue weighted by atomic mass is 9.67. The minimum absolute atomic E-state index is 0.0210. The van der Waals surface area contributed by atoms with Gasteiger partial charge in [0.15, 0.2) is 0 Å². The van der Waals surface area contributed by atoms with E-state index in [1.54, 1.807) is 0 Å². The van der Waals surface area contributed by atoms with Crippen LogP contribution >= 0.6 is 11.3 Å². The van der Waals surface area contributed by atoms with Crippen molar-refractivity contribution in [2.45, 2.75) is 39.0 Å². The fraction of sp³-hybridized carbons (Fsp3) is 0.500. The number of ketones is 1. The van der Waals surface area contributed by atoms with Gasteiger partial charge in [0.1, 0.15) is 10.8 Å². The van der Waals surface area contributed by atoms with E-state index in [0.717, 1.165) is 35.3 Å². The lowest BCUT2D eigenvalue weighted by Crippen LogP contribution is -2.42. The molecule has 6 nitrogen and oxygen atoms in total. The van der Waals surface area contributed by atoms with Gasteiger partial charge in [0.05, 0.1) is 18.8 Å². The molecule has 2 saturated carbocycles. The number of fused-ring (bicyclic) bond motifs is 2. The topological polar surface area (TPSA) is 75.7 Å². The number of carbonyl (C=O) groups excluding carboxylic acids is 3. The molecule has 1 N–H and O–H groups in total. The minimum atomic E-state index is -0.174. The maximum absolute atomic E-state index is 13.5. The van der Waals surface area contributed by atoms with Crippen LogP contribution in [0.25, 0.3) is 10.4 Å². The lowest BCUT2D eigenvalue weighted by molar-refractivity contribution is -0.136. The highest BCUT2D eigenvalue weighted by atomic mass is 32.1. The van der Waals surface area contributed by atoms with Crippen LogP contribution in [0.3, 0.4) is 0 Å². The number of morpholine rings is 1. The van der Waals surface area contributed by atoms with Crippen LogP contribution in [0.1, 0.15) is 48.0 Å². The van der Waals surface area contributed by atoms with Crippen LogP contribution in [0.5, 0.6) is 0 Å². The molecular formula is C26H30N2O4S. The van der Waals surface area contributed by atoms with Gasteiger partial charge in [-0.2, -0.15) is 0 Å². The van der Waals surface area contributed by atoms with Crippen LogP contribution in [0.15, 0.2) is 30.3 Å². The van der Waals surface area contributed by atoms with Crippen molar-refractivity contribution in [2.24, 2.45) is 17.8 Å². The van der Waals surface area contributed by atoms with E-state index in [1.807, 2.05) is 42.2 Å². The quantitative estimate of drug-likeness (QED) is 0.718. The third-order valence-electron chi connectivity index (χ3n) is 7.35. The summed E-state index contributed by atoms with van der Waals surface area (Å²) in [6, 6.07) is 9.99. The number of nitrogens with one attached hydrogen (secondary N) is 1. The predicted octanol–water partition coefficient (Wildman–Crippen LogP) is 4.53. The molecule has 2 unspecified atom stereocenters. The molecule has 33 heavy (non-hydrogen) atoms. The van der Waals surface area contributed by atoms with E-state index in [4.69, 9.17) is 4.74 Å². The molecule has 2 aliphatic carbocycles. The molecule has 2 bridgehead atoms. The lowest BCUT2D eigenvalue weighted by Gasteiger charge is -2.36. The Balaban J connectivity index is 1.44. The zero-order valence-electron chi connectivity index (χ0n) is 19.0. The molecule has 2 amide bonds. The molecule has 2 atom stereocenters. The number of benzene rings is 1. The standard InChI is InChI=1S/C26H30N2O4S/c1-16-21(26(31)28-10-12-32-13-11-28)25(33-23(16)17-6-3-2-4-7-17)27-24(30)20-14-18-8-5-9-19(15-20)22(18)29/h2-4,6-7,18-20H,5,8-15H2,1H3,(H,27,30). The van der Waals surface area contributed by atoms with Gasteiger partial charge in [-0.15, -0.1) is 11.3 Å². The van der Waals surface area contributed by atoms with Gasteiger partial charge in [-0.05, 0) is 43.7 Å².